The molecule has 2 aromatic rings. The van der Waals surface area contributed by atoms with Gasteiger partial charge in [0.1, 0.15) is 17.9 Å². The van der Waals surface area contributed by atoms with Crippen LogP contribution >= 0.6 is 0 Å². The summed E-state index contributed by atoms with van der Waals surface area (Å²) in [4.78, 5) is 45.2. The van der Waals surface area contributed by atoms with E-state index in [9.17, 15) is 18.8 Å². The second-order valence-electron chi connectivity index (χ2n) is 10.1. The van der Waals surface area contributed by atoms with Crippen LogP contribution in [0.4, 0.5) is 10.1 Å². The normalized spacial score (nSPS) is 20.1. The van der Waals surface area contributed by atoms with Gasteiger partial charge in [-0.2, -0.15) is 0 Å². The highest BCUT2D eigenvalue weighted by molar-refractivity contribution is 5.97. The van der Waals surface area contributed by atoms with Crippen molar-refractivity contribution in [3.63, 3.8) is 0 Å². The van der Waals surface area contributed by atoms with Gasteiger partial charge in [-0.15, -0.1) is 0 Å². The summed E-state index contributed by atoms with van der Waals surface area (Å²) in [6, 6.07) is 15.5. The first kappa shape index (κ1) is 24.3. The van der Waals surface area contributed by atoms with Crippen LogP contribution in [-0.4, -0.2) is 65.4 Å². The number of rotatable bonds is 5. The van der Waals surface area contributed by atoms with Crippen LogP contribution in [0, 0.1) is 5.82 Å². The Balaban J connectivity index is 1.31. The number of benzene rings is 2. The minimum absolute atomic E-state index is 0.0403. The molecule has 0 aromatic heterocycles. The molecule has 2 saturated heterocycles. The Morgan fingerprint density at radius 1 is 0.944 bits per heavy atom. The minimum atomic E-state index is -0.800. The maximum absolute atomic E-state index is 13.8. The fraction of sp³-hybridized carbons (Fsp3) is 0.464. The highest BCUT2D eigenvalue weighted by Gasteiger charge is 2.54. The Hall–Kier alpha value is -3.42. The first-order valence-corrected chi connectivity index (χ1v) is 12.9. The van der Waals surface area contributed by atoms with E-state index < -0.39 is 5.54 Å². The fourth-order valence-electron chi connectivity index (χ4n) is 5.87. The lowest BCUT2D eigenvalue weighted by Crippen LogP contribution is -2.57. The van der Waals surface area contributed by atoms with E-state index in [1.165, 1.54) is 30.7 Å². The molecule has 3 amide bonds. The molecule has 0 bridgehead atoms. The second-order valence-corrected chi connectivity index (χ2v) is 10.1. The van der Waals surface area contributed by atoms with E-state index >= 15 is 0 Å². The molecule has 1 N–H and O–H groups in total. The number of likely N-dealkylation sites (tertiary alicyclic amines) is 1. The molecule has 0 atom stereocenters. The molecule has 36 heavy (non-hydrogen) atoms. The number of anilines is 1. The van der Waals surface area contributed by atoms with Gasteiger partial charge in [-0.05, 0) is 62.1 Å². The number of hydrogen-bond donors (Lipinski definition) is 1. The molecule has 1 aliphatic carbocycles. The Morgan fingerprint density at radius 3 is 2.28 bits per heavy atom. The fourth-order valence-corrected chi connectivity index (χ4v) is 5.87. The number of nitrogens with one attached hydrogen (secondary N) is 1. The van der Waals surface area contributed by atoms with Gasteiger partial charge in [0.15, 0.2) is 0 Å². The Morgan fingerprint density at radius 2 is 1.61 bits per heavy atom. The van der Waals surface area contributed by atoms with E-state index in [2.05, 4.69) is 10.2 Å². The van der Waals surface area contributed by atoms with Gasteiger partial charge in [0.25, 0.3) is 11.8 Å². The molecule has 2 aromatic carbocycles. The van der Waals surface area contributed by atoms with E-state index in [-0.39, 0.29) is 36.1 Å². The smallest absolute Gasteiger partial charge is 0.253 e. The number of carbonyl (C=O) groups excluding carboxylic acids is 3. The Labute approximate surface area is 211 Å². The van der Waals surface area contributed by atoms with Gasteiger partial charge in [-0.1, -0.05) is 37.5 Å². The van der Waals surface area contributed by atoms with Crippen LogP contribution in [0.5, 0.6) is 0 Å². The summed E-state index contributed by atoms with van der Waals surface area (Å²) < 4.78 is 13.3. The van der Waals surface area contributed by atoms with Crippen molar-refractivity contribution in [1.29, 1.82) is 0 Å². The molecule has 2 heterocycles. The SMILES string of the molecule is O=C(CN1CN(c2ccccc2)C2(CCN(C(=O)c3ccc(F)cc3)CC2)C1=O)NC1CCCCC1. The van der Waals surface area contributed by atoms with Crippen molar-refractivity contribution in [2.24, 2.45) is 0 Å². The third kappa shape index (κ3) is 4.81. The van der Waals surface area contributed by atoms with Gasteiger partial charge in [0.2, 0.25) is 5.91 Å². The van der Waals surface area contributed by atoms with Crippen molar-refractivity contribution in [3.05, 3.63) is 66.0 Å². The zero-order chi connectivity index (χ0) is 25.1. The lowest BCUT2D eigenvalue weighted by molar-refractivity contribution is -0.137. The maximum atomic E-state index is 13.8. The van der Waals surface area contributed by atoms with Crippen LogP contribution in [0.3, 0.4) is 0 Å². The lowest BCUT2D eigenvalue weighted by Gasteiger charge is -2.43. The molecule has 0 unspecified atom stereocenters. The molecule has 3 aliphatic rings. The molecule has 1 spiro atoms. The van der Waals surface area contributed by atoms with E-state index in [4.69, 9.17) is 0 Å². The highest BCUT2D eigenvalue weighted by Crippen LogP contribution is 2.39. The predicted molar refractivity (Wildman–Crippen MR) is 135 cm³/mol. The molecular weight excluding hydrogens is 459 g/mol. The van der Waals surface area contributed by atoms with Crippen LogP contribution in [0.1, 0.15) is 55.3 Å². The maximum Gasteiger partial charge on any atom is 0.253 e. The number of amides is 3. The molecule has 8 heteroatoms. The average molecular weight is 493 g/mol. The van der Waals surface area contributed by atoms with Crippen molar-refractivity contribution >= 4 is 23.4 Å². The average Bonchev–Trinajstić information content (AvgIpc) is 3.16. The van der Waals surface area contributed by atoms with Crippen molar-refractivity contribution < 1.29 is 18.8 Å². The molecule has 0 radical (unpaired) electrons. The van der Waals surface area contributed by atoms with Crippen LogP contribution in [0.2, 0.25) is 0 Å². The van der Waals surface area contributed by atoms with Crippen molar-refractivity contribution in [3.8, 4) is 0 Å². The standard InChI is InChI=1S/C28H33FN4O3/c29-22-13-11-21(12-14-22)26(35)31-17-15-28(16-18-31)27(36)32(20-33(28)24-9-5-2-6-10-24)19-25(34)30-23-7-3-1-4-8-23/h2,5-6,9-14,23H,1,3-4,7-8,15-20H2,(H,30,34). The topological polar surface area (TPSA) is 73.0 Å². The summed E-state index contributed by atoms with van der Waals surface area (Å²) in [7, 11) is 0. The number of piperidine rings is 1. The van der Waals surface area contributed by atoms with Gasteiger partial charge in [0.05, 0.1) is 6.67 Å². The molecule has 5 rings (SSSR count). The van der Waals surface area contributed by atoms with Gasteiger partial charge in [-0.3, -0.25) is 14.4 Å². The van der Waals surface area contributed by atoms with Crippen molar-refractivity contribution in [2.75, 3.05) is 31.2 Å². The van der Waals surface area contributed by atoms with Gasteiger partial charge < -0.3 is 20.0 Å². The highest BCUT2D eigenvalue weighted by atomic mass is 19.1. The largest absolute Gasteiger partial charge is 0.352 e. The third-order valence-corrected chi connectivity index (χ3v) is 7.86. The number of halogens is 1. The summed E-state index contributed by atoms with van der Waals surface area (Å²) in [6.07, 6.45) is 6.40. The third-order valence-electron chi connectivity index (χ3n) is 7.86. The number of hydrogen-bond acceptors (Lipinski definition) is 4. The van der Waals surface area contributed by atoms with Crippen molar-refractivity contribution in [2.45, 2.75) is 56.5 Å². The number of para-hydroxylation sites is 1. The number of carbonyl (C=O) groups is 3. The zero-order valence-electron chi connectivity index (χ0n) is 20.5. The van der Waals surface area contributed by atoms with Crippen LogP contribution in [0.15, 0.2) is 54.6 Å². The summed E-state index contributed by atoms with van der Waals surface area (Å²) in [5.41, 5.74) is 0.567. The lowest BCUT2D eigenvalue weighted by atomic mass is 9.85. The zero-order valence-corrected chi connectivity index (χ0v) is 20.5. The van der Waals surface area contributed by atoms with Crippen molar-refractivity contribution in [1.82, 2.24) is 15.1 Å². The minimum Gasteiger partial charge on any atom is -0.352 e. The van der Waals surface area contributed by atoms with Gasteiger partial charge in [0, 0.05) is 30.4 Å². The Bertz CT molecular complexity index is 1090. The van der Waals surface area contributed by atoms with E-state index in [1.54, 1.807) is 9.80 Å². The molecule has 2 aliphatic heterocycles. The van der Waals surface area contributed by atoms with E-state index in [0.29, 0.717) is 38.2 Å². The molecular formula is C28H33FN4O3. The van der Waals surface area contributed by atoms with Gasteiger partial charge in [-0.25, -0.2) is 4.39 Å². The number of nitrogens with zero attached hydrogens (tertiary/aromatic N) is 3. The van der Waals surface area contributed by atoms with Crippen LogP contribution in [0.25, 0.3) is 0 Å². The van der Waals surface area contributed by atoms with Crippen LogP contribution < -0.4 is 10.2 Å². The summed E-state index contributed by atoms with van der Waals surface area (Å²) in [5.74, 6) is -0.708. The van der Waals surface area contributed by atoms with Gasteiger partial charge >= 0.3 is 0 Å². The van der Waals surface area contributed by atoms with E-state index in [1.807, 2.05) is 30.3 Å². The quantitative estimate of drug-likeness (QED) is 0.693. The molecule has 7 nitrogen and oxygen atoms in total. The second kappa shape index (κ2) is 10.3. The van der Waals surface area contributed by atoms with E-state index in [0.717, 1.165) is 31.4 Å². The summed E-state index contributed by atoms with van der Waals surface area (Å²) >= 11 is 0. The summed E-state index contributed by atoms with van der Waals surface area (Å²) in [6.45, 7) is 1.20. The molecule has 1 saturated carbocycles. The predicted octanol–water partition coefficient (Wildman–Crippen LogP) is 3.56. The monoisotopic (exact) mass is 492 g/mol. The summed E-state index contributed by atoms with van der Waals surface area (Å²) in [5, 5.41) is 3.13. The van der Waals surface area contributed by atoms with Crippen LogP contribution in [-0.2, 0) is 9.59 Å². The molecule has 3 fully saturated rings. The molecule has 190 valence electrons. The first-order valence-electron chi connectivity index (χ1n) is 12.9. The first-order chi connectivity index (χ1) is 17.5. The Kier molecular flexibility index (Phi) is 6.94.